The minimum absolute atomic E-state index is 0.224. The molecule has 3 N–H and O–H groups in total. The van der Waals surface area contributed by atoms with E-state index in [1.54, 1.807) is 6.07 Å². The number of aliphatic hydroxyl groups is 1. The molecule has 0 aliphatic heterocycles. The van der Waals surface area contributed by atoms with Crippen LogP contribution in [0.4, 0.5) is 0 Å². The highest BCUT2D eigenvalue weighted by atomic mass is 35.5. The van der Waals surface area contributed by atoms with E-state index in [1.165, 1.54) is 12.8 Å². The molecule has 126 valence electrons. The van der Waals surface area contributed by atoms with Gasteiger partial charge in [-0.05, 0) is 36.8 Å². The predicted octanol–water partition coefficient (Wildman–Crippen LogP) is 3.64. The second kappa shape index (κ2) is 6.15. The van der Waals surface area contributed by atoms with Crippen LogP contribution in [0, 0.1) is 11.3 Å². The lowest BCUT2D eigenvalue weighted by Gasteiger charge is -2.35. The maximum atomic E-state index is 10.9. The molecule has 2 aliphatic carbocycles. The summed E-state index contributed by atoms with van der Waals surface area (Å²) in [5, 5.41) is 11.5. The van der Waals surface area contributed by atoms with E-state index >= 15 is 0 Å². The molecule has 0 radical (unpaired) electrons. The molecule has 2 atom stereocenters. The first kappa shape index (κ1) is 16.9. The molecule has 0 aromatic heterocycles. The number of carbonyl (C=O) groups is 1. The number of ether oxygens (including phenoxy) is 1. The molecule has 6 heteroatoms. The molecular formula is C17H21Cl2NO3. The van der Waals surface area contributed by atoms with Crippen LogP contribution in [0.3, 0.4) is 0 Å². The number of amides is 1. The summed E-state index contributed by atoms with van der Waals surface area (Å²) in [6, 6.07) is 1.79. The molecule has 0 saturated heterocycles. The fraction of sp³-hybridized carbons (Fsp3) is 0.588. The number of hydrogen-bond acceptors (Lipinski definition) is 3. The Morgan fingerprint density at radius 2 is 2.04 bits per heavy atom. The molecule has 2 unspecified atom stereocenters. The molecule has 23 heavy (non-hydrogen) atoms. The van der Waals surface area contributed by atoms with E-state index in [9.17, 15) is 9.90 Å². The number of primary amides is 1. The first-order valence-corrected chi connectivity index (χ1v) is 8.70. The van der Waals surface area contributed by atoms with Crippen LogP contribution in [-0.4, -0.2) is 17.6 Å². The van der Waals surface area contributed by atoms with Crippen LogP contribution in [0.1, 0.15) is 49.8 Å². The Hall–Kier alpha value is -0.970. The third kappa shape index (κ3) is 2.81. The molecule has 2 aliphatic rings. The van der Waals surface area contributed by atoms with Gasteiger partial charge in [0.15, 0.2) is 6.61 Å². The molecule has 1 fully saturated rings. The van der Waals surface area contributed by atoms with Gasteiger partial charge in [0.05, 0.1) is 11.1 Å². The van der Waals surface area contributed by atoms with Gasteiger partial charge >= 0.3 is 0 Å². The van der Waals surface area contributed by atoms with E-state index in [0.717, 1.165) is 24.8 Å². The molecule has 1 aromatic carbocycles. The molecule has 1 aromatic rings. The highest BCUT2D eigenvalue weighted by Crippen LogP contribution is 2.57. The van der Waals surface area contributed by atoms with Gasteiger partial charge in [-0.1, -0.05) is 43.0 Å². The zero-order chi connectivity index (χ0) is 16.8. The number of rotatable bonds is 4. The fourth-order valence-corrected chi connectivity index (χ4v) is 4.68. The van der Waals surface area contributed by atoms with Crippen LogP contribution >= 0.6 is 23.2 Å². The van der Waals surface area contributed by atoms with Crippen molar-refractivity contribution >= 4 is 29.1 Å². The van der Waals surface area contributed by atoms with Crippen LogP contribution in [0.2, 0.25) is 10.0 Å². The van der Waals surface area contributed by atoms with Crippen LogP contribution < -0.4 is 10.5 Å². The zero-order valence-electron chi connectivity index (χ0n) is 13.1. The number of carbonyl (C=O) groups excluding carboxylic acids is 1. The van der Waals surface area contributed by atoms with Gasteiger partial charge in [-0.3, -0.25) is 4.79 Å². The summed E-state index contributed by atoms with van der Waals surface area (Å²) >= 11 is 12.7. The highest BCUT2D eigenvalue weighted by molar-refractivity contribution is 6.43. The normalized spacial score (nSPS) is 27.2. The Balaban J connectivity index is 1.96. The lowest BCUT2D eigenvalue weighted by atomic mass is 9.72. The van der Waals surface area contributed by atoms with E-state index in [-0.39, 0.29) is 17.0 Å². The number of aliphatic hydroxyl groups excluding tert-OH is 1. The fourth-order valence-electron chi connectivity index (χ4n) is 4.15. The third-order valence-corrected chi connectivity index (χ3v) is 6.29. The van der Waals surface area contributed by atoms with E-state index in [0.29, 0.717) is 22.3 Å². The van der Waals surface area contributed by atoms with Crippen LogP contribution in [0.25, 0.3) is 0 Å². The van der Waals surface area contributed by atoms with Crippen molar-refractivity contribution in [2.75, 3.05) is 6.61 Å². The first-order valence-electron chi connectivity index (χ1n) is 7.94. The Kier molecular flexibility index (Phi) is 4.51. The summed E-state index contributed by atoms with van der Waals surface area (Å²) in [6.07, 6.45) is 4.81. The minimum Gasteiger partial charge on any atom is -0.482 e. The lowest BCUT2D eigenvalue weighted by molar-refractivity contribution is -0.119. The number of benzene rings is 1. The molecule has 0 bridgehead atoms. The van der Waals surface area contributed by atoms with Gasteiger partial charge in [-0.2, -0.15) is 0 Å². The summed E-state index contributed by atoms with van der Waals surface area (Å²) in [5.74, 6) is 0.250. The van der Waals surface area contributed by atoms with Crippen molar-refractivity contribution in [1.29, 1.82) is 0 Å². The molecular weight excluding hydrogens is 337 g/mol. The molecule has 4 nitrogen and oxygen atoms in total. The van der Waals surface area contributed by atoms with Gasteiger partial charge in [-0.25, -0.2) is 0 Å². The summed E-state index contributed by atoms with van der Waals surface area (Å²) in [5.41, 5.74) is 6.53. The van der Waals surface area contributed by atoms with Gasteiger partial charge in [0.1, 0.15) is 10.8 Å². The van der Waals surface area contributed by atoms with Crippen molar-refractivity contribution in [3.05, 3.63) is 27.2 Å². The van der Waals surface area contributed by atoms with Crippen molar-refractivity contribution in [2.24, 2.45) is 17.1 Å². The quantitative estimate of drug-likeness (QED) is 0.863. The molecule has 0 spiro atoms. The summed E-state index contributed by atoms with van der Waals surface area (Å²) in [7, 11) is 0. The first-order chi connectivity index (χ1) is 10.8. The highest BCUT2D eigenvalue weighted by Gasteiger charge is 2.49. The number of nitrogens with two attached hydrogens (primary N) is 1. The topological polar surface area (TPSA) is 72.5 Å². The van der Waals surface area contributed by atoms with E-state index in [4.69, 9.17) is 33.7 Å². The van der Waals surface area contributed by atoms with Gasteiger partial charge in [0.25, 0.3) is 5.91 Å². The minimum atomic E-state index is -0.629. The van der Waals surface area contributed by atoms with Crippen molar-refractivity contribution in [3.63, 3.8) is 0 Å². The average Bonchev–Trinajstić information content (AvgIpc) is 3.10. The molecule has 3 rings (SSSR count). The molecule has 0 heterocycles. The Bertz CT molecular complexity index is 643. The van der Waals surface area contributed by atoms with Crippen molar-refractivity contribution in [3.8, 4) is 5.75 Å². The smallest absolute Gasteiger partial charge is 0.255 e. The SMILES string of the molecule is CC1(C2CCCC2)Cc2cc(OCC(N)=O)c(Cl)c(Cl)c2C1O. The standard InChI is InChI=1S/C17H21Cl2NO3/c1-17(10-4-2-3-5-10)7-9-6-11(23-8-12(20)21)14(18)15(19)13(9)16(17)22/h6,10,16,22H,2-5,7-8H2,1H3,(H2,20,21). The van der Waals surface area contributed by atoms with Crippen LogP contribution in [0.5, 0.6) is 5.75 Å². The Labute approximate surface area is 145 Å². The van der Waals surface area contributed by atoms with Crippen LogP contribution in [0.15, 0.2) is 6.07 Å². The number of hydrogen-bond donors (Lipinski definition) is 2. The molecule has 1 saturated carbocycles. The van der Waals surface area contributed by atoms with Crippen molar-refractivity contribution < 1.29 is 14.6 Å². The Morgan fingerprint density at radius 3 is 2.65 bits per heavy atom. The van der Waals surface area contributed by atoms with Gasteiger partial charge in [0, 0.05) is 11.0 Å². The summed E-state index contributed by atoms with van der Waals surface area (Å²) in [4.78, 5) is 10.9. The van der Waals surface area contributed by atoms with Gasteiger partial charge in [-0.15, -0.1) is 0 Å². The summed E-state index contributed by atoms with van der Waals surface area (Å²) in [6.45, 7) is 1.87. The van der Waals surface area contributed by atoms with Gasteiger partial charge < -0.3 is 15.6 Å². The number of halogens is 2. The summed E-state index contributed by atoms with van der Waals surface area (Å²) < 4.78 is 5.36. The molecule has 1 amide bonds. The second-order valence-corrected chi connectivity index (χ2v) is 7.65. The average molecular weight is 358 g/mol. The third-order valence-electron chi connectivity index (χ3n) is 5.42. The predicted molar refractivity (Wildman–Crippen MR) is 89.9 cm³/mol. The lowest BCUT2D eigenvalue weighted by Crippen LogP contribution is -2.30. The largest absolute Gasteiger partial charge is 0.482 e. The monoisotopic (exact) mass is 357 g/mol. The van der Waals surface area contributed by atoms with E-state index in [1.807, 2.05) is 0 Å². The van der Waals surface area contributed by atoms with Crippen molar-refractivity contribution in [2.45, 2.75) is 45.1 Å². The van der Waals surface area contributed by atoms with E-state index < -0.39 is 12.0 Å². The Morgan fingerprint density at radius 1 is 1.39 bits per heavy atom. The zero-order valence-corrected chi connectivity index (χ0v) is 14.6. The second-order valence-electron chi connectivity index (χ2n) is 6.90. The number of fused-ring (bicyclic) bond motifs is 1. The van der Waals surface area contributed by atoms with Crippen LogP contribution in [-0.2, 0) is 11.2 Å². The van der Waals surface area contributed by atoms with Crippen molar-refractivity contribution in [1.82, 2.24) is 0 Å². The maximum Gasteiger partial charge on any atom is 0.255 e. The van der Waals surface area contributed by atoms with E-state index in [2.05, 4.69) is 6.92 Å². The maximum absolute atomic E-state index is 10.9. The van der Waals surface area contributed by atoms with Gasteiger partial charge in [0.2, 0.25) is 0 Å².